The highest BCUT2D eigenvalue weighted by Crippen LogP contribution is 2.25. The molecule has 4 heteroatoms. The van der Waals surface area contributed by atoms with Crippen LogP contribution in [0.4, 0.5) is 0 Å². The van der Waals surface area contributed by atoms with Gasteiger partial charge in [0, 0.05) is 17.8 Å². The fourth-order valence-electron chi connectivity index (χ4n) is 0.975. The second-order valence-corrected chi connectivity index (χ2v) is 3.55. The molecule has 3 nitrogen and oxygen atoms in total. The average molecular weight is 280 g/mol. The third kappa shape index (κ3) is 1.60. The monoisotopic (exact) mass is 280 g/mol. The van der Waals surface area contributed by atoms with Crippen molar-refractivity contribution in [1.29, 1.82) is 0 Å². The molecule has 0 unspecified atom stereocenters. The Balaban J connectivity index is 3.02. The van der Waals surface area contributed by atoms with Gasteiger partial charge in [0.25, 0.3) is 5.79 Å². The summed E-state index contributed by atoms with van der Waals surface area (Å²) in [4.78, 5) is 11.3. The zero-order chi connectivity index (χ0) is 9.19. The number of allylic oxidation sites excluding steroid dienone is 2. The molecule has 0 amide bonds. The molecule has 0 N–H and O–H groups in total. The van der Waals surface area contributed by atoms with Gasteiger partial charge in [0.15, 0.2) is 0 Å². The SMILES string of the molecule is COC1(OC)C=C(I)C=CC1=O. The van der Waals surface area contributed by atoms with Crippen LogP contribution in [-0.4, -0.2) is 25.8 Å². The number of hydrogen-bond donors (Lipinski definition) is 0. The molecular weight excluding hydrogens is 271 g/mol. The molecule has 66 valence electrons. The summed E-state index contributed by atoms with van der Waals surface area (Å²) in [5, 5.41) is 0. The lowest BCUT2D eigenvalue weighted by Crippen LogP contribution is -2.41. The van der Waals surface area contributed by atoms with E-state index in [2.05, 4.69) is 22.6 Å². The number of ether oxygens (including phenoxy) is 2. The van der Waals surface area contributed by atoms with Crippen LogP contribution in [0.25, 0.3) is 0 Å². The van der Waals surface area contributed by atoms with Crippen LogP contribution in [0.5, 0.6) is 0 Å². The van der Waals surface area contributed by atoms with E-state index in [1.54, 1.807) is 12.2 Å². The minimum atomic E-state index is -1.20. The van der Waals surface area contributed by atoms with Crippen molar-refractivity contribution in [3.8, 4) is 0 Å². The molecule has 0 radical (unpaired) electrons. The van der Waals surface area contributed by atoms with Gasteiger partial charge in [-0.2, -0.15) is 0 Å². The third-order valence-corrected chi connectivity index (χ3v) is 2.34. The highest BCUT2D eigenvalue weighted by Gasteiger charge is 2.36. The van der Waals surface area contributed by atoms with E-state index >= 15 is 0 Å². The second-order valence-electron chi connectivity index (χ2n) is 2.30. The first-order valence-corrected chi connectivity index (χ1v) is 4.43. The lowest BCUT2D eigenvalue weighted by atomic mass is 10.1. The van der Waals surface area contributed by atoms with Gasteiger partial charge in [-0.05, 0) is 40.8 Å². The maximum Gasteiger partial charge on any atom is 0.254 e. The zero-order valence-electron chi connectivity index (χ0n) is 6.83. The van der Waals surface area contributed by atoms with Crippen LogP contribution in [-0.2, 0) is 14.3 Å². The van der Waals surface area contributed by atoms with E-state index in [4.69, 9.17) is 9.47 Å². The van der Waals surface area contributed by atoms with Gasteiger partial charge in [0.2, 0.25) is 5.78 Å². The highest BCUT2D eigenvalue weighted by atomic mass is 127. The molecule has 1 rings (SSSR count). The van der Waals surface area contributed by atoms with E-state index in [1.807, 2.05) is 0 Å². The predicted molar refractivity (Wildman–Crippen MR) is 53.0 cm³/mol. The normalized spacial score (nSPS) is 20.9. The zero-order valence-corrected chi connectivity index (χ0v) is 8.99. The van der Waals surface area contributed by atoms with Gasteiger partial charge < -0.3 is 9.47 Å². The third-order valence-electron chi connectivity index (χ3n) is 1.67. The maximum atomic E-state index is 11.3. The summed E-state index contributed by atoms with van der Waals surface area (Å²) in [5.74, 6) is -1.39. The number of carbonyl (C=O) groups excluding carboxylic acids is 1. The highest BCUT2D eigenvalue weighted by molar-refractivity contribution is 14.1. The van der Waals surface area contributed by atoms with Crippen molar-refractivity contribution < 1.29 is 14.3 Å². The fraction of sp³-hybridized carbons (Fsp3) is 0.375. The number of ketones is 1. The smallest absolute Gasteiger partial charge is 0.254 e. The van der Waals surface area contributed by atoms with Crippen molar-refractivity contribution in [2.75, 3.05) is 14.2 Å². The Morgan fingerprint density at radius 3 is 2.33 bits per heavy atom. The Kier molecular flexibility index (Phi) is 3.03. The Morgan fingerprint density at radius 2 is 1.92 bits per heavy atom. The molecule has 0 saturated carbocycles. The summed E-state index contributed by atoms with van der Waals surface area (Å²) < 4.78 is 10.9. The topological polar surface area (TPSA) is 35.5 Å². The number of methoxy groups -OCH3 is 2. The first-order chi connectivity index (χ1) is 5.64. The van der Waals surface area contributed by atoms with Crippen LogP contribution in [0.1, 0.15) is 0 Å². The molecule has 0 saturated heterocycles. The lowest BCUT2D eigenvalue weighted by molar-refractivity contribution is -0.181. The first kappa shape index (κ1) is 9.88. The summed E-state index contributed by atoms with van der Waals surface area (Å²) in [6.45, 7) is 0. The molecule has 0 spiro atoms. The van der Waals surface area contributed by atoms with Crippen LogP contribution in [0.3, 0.4) is 0 Å². The van der Waals surface area contributed by atoms with Crippen LogP contribution >= 0.6 is 22.6 Å². The van der Waals surface area contributed by atoms with Gasteiger partial charge in [-0.15, -0.1) is 0 Å². The van der Waals surface area contributed by atoms with Crippen LogP contribution < -0.4 is 0 Å². The first-order valence-electron chi connectivity index (χ1n) is 3.36. The molecule has 12 heavy (non-hydrogen) atoms. The van der Waals surface area contributed by atoms with E-state index in [-0.39, 0.29) is 5.78 Å². The molecule has 0 bridgehead atoms. The molecule has 0 aliphatic heterocycles. The van der Waals surface area contributed by atoms with Crippen molar-refractivity contribution in [3.63, 3.8) is 0 Å². The quantitative estimate of drug-likeness (QED) is 0.567. The summed E-state index contributed by atoms with van der Waals surface area (Å²) >= 11 is 2.10. The largest absolute Gasteiger partial charge is 0.343 e. The number of hydrogen-bond acceptors (Lipinski definition) is 3. The van der Waals surface area contributed by atoms with Gasteiger partial charge in [0.1, 0.15) is 0 Å². The number of carbonyl (C=O) groups is 1. The van der Waals surface area contributed by atoms with E-state index in [0.29, 0.717) is 0 Å². The van der Waals surface area contributed by atoms with E-state index < -0.39 is 5.79 Å². The van der Waals surface area contributed by atoms with Crippen LogP contribution in [0, 0.1) is 0 Å². The minimum absolute atomic E-state index is 0.187. The average Bonchev–Trinajstić information content (AvgIpc) is 2.09. The van der Waals surface area contributed by atoms with E-state index in [1.165, 1.54) is 20.3 Å². The molecule has 0 aromatic heterocycles. The molecule has 1 aliphatic rings. The van der Waals surface area contributed by atoms with Crippen molar-refractivity contribution in [2.45, 2.75) is 5.79 Å². The minimum Gasteiger partial charge on any atom is -0.343 e. The summed E-state index contributed by atoms with van der Waals surface area (Å²) in [7, 11) is 2.89. The van der Waals surface area contributed by atoms with Crippen molar-refractivity contribution in [3.05, 3.63) is 21.8 Å². The Morgan fingerprint density at radius 1 is 1.33 bits per heavy atom. The van der Waals surface area contributed by atoms with Gasteiger partial charge in [-0.25, -0.2) is 0 Å². The molecule has 0 heterocycles. The lowest BCUT2D eigenvalue weighted by Gasteiger charge is -2.26. The van der Waals surface area contributed by atoms with E-state index in [0.717, 1.165) is 3.58 Å². The van der Waals surface area contributed by atoms with Crippen LogP contribution in [0.15, 0.2) is 21.8 Å². The van der Waals surface area contributed by atoms with Crippen molar-refractivity contribution in [2.24, 2.45) is 0 Å². The van der Waals surface area contributed by atoms with E-state index in [9.17, 15) is 4.79 Å². The summed E-state index contributed by atoms with van der Waals surface area (Å²) in [5.41, 5.74) is 0. The summed E-state index contributed by atoms with van der Waals surface area (Å²) in [6, 6.07) is 0. The molecular formula is C8H9IO3. The molecule has 0 fully saturated rings. The molecule has 0 atom stereocenters. The second kappa shape index (κ2) is 3.68. The standard InChI is InChI=1S/C8H9IO3/c1-11-8(12-2)5-6(9)3-4-7(8)10/h3-5H,1-2H3. The van der Waals surface area contributed by atoms with Crippen molar-refractivity contribution in [1.82, 2.24) is 0 Å². The molecule has 0 aromatic carbocycles. The fourth-order valence-corrected chi connectivity index (χ4v) is 1.56. The summed E-state index contributed by atoms with van der Waals surface area (Å²) in [6.07, 6.45) is 4.82. The Labute approximate surface area is 84.6 Å². The maximum absolute atomic E-state index is 11.3. The Hall–Kier alpha value is -0.200. The van der Waals surface area contributed by atoms with Gasteiger partial charge >= 0.3 is 0 Å². The predicted octanol–water partition coefficient (Wildman–Crippen LogP) is 1.43. The van der Waals surface area contributed by atoms with Gasteiger partial charge in [0.05, 0.1) is 0 Å². The van der Waals surface area contributed by atoms with Crippen molar-refractivity contribution >= 4 is 28.4 Å². The van der Waals surface area contributed by atoms with Crippen LogP contribution in [0.2, 0.25) is 0 Å². The Bertz CT molecular complexity index is 251. The number of rotatable bonds is 2. The van der Waals surface area contributed by atoms with Gasteiger partial charge in [-0.1, -0.05) is 0 Å². The molecule has 1 aliphatic carbocycles. The number of halogens is 1. The molecule has 0 aromatic rings. The van der Waals surface area contributed by atoms with Gasteiger partial charge in [-0.3, -0.25) is 4.79 Å².